The fraction of sp³-hybridized carbons (Fsp3) is 0.0526. The first-order chi connectivity index (χ1) is 12.2. The van der Waals surface area contributed by atoms with Crippen molar-refractivity contribution in [1.82, 2.24) is 5.43 Å². The number of amides is 1. The molecule has 0 atom stereocenters. The normalized spacial score (nSPS) is 10.8. The SMILES string of the molecule is O=C(N/N=C\c1cccc(OCc2ccccc2)c1)c1ccc(Cl)s1. The van der Waals surface area contributed by atoms with Gasteiger partial charge in [-0.15, -0.1) is 11.3 Å². The molecule has 0 aliphatic rings. The van der Waals surface area contributed by atoms with Gasteiger partial charge in [0, 0.05) is 0 Å². The maximum absolute atomic E-state index is 11.9. The number of hydrogen-bond donors (Lipinski definition) is 1. The van der Waals surface area contributed by atoms with Crippen LogP contribution in [-0.2, 0) is 6.61 Å². The van der Waals surface area contributed by atoms with E-state index >= 15 is 0 Å². The molecule has 0 saturated heterocycles. The van der Waals surface area contributed by atoms with Gasteiger partial charge in [0.25, 0.3) is 5.91 Å². The number of nitrogens with zero attached hydrogens (tertiary/aromatic N) is 1. The second-order valence-corrected chi connectivity index (χ2v) is 6.86. The van der Waals surface area contributed by atoms with Crippen molar-refractivity contribution in [3.05, 3.63) is 87.1 Å². The minimum Gasteiger partial charge on any atom is -0.489 e. The lowest BCUT2D eigenvalue weighted by molar-refractivity contribution is 0.0959. The van der Waals surface area contributed by atoms with Crippen LogP contribution in [0.5, 0.6) is 5.75 Å². The van der Waals surface area contributed by atoms with Crippen LogP contribution in [-0.4, -0.2) is 12.1 Å². The number of halogens is 1. The van der Waals surface area contributed by atoms with Gasteiger partial charge in [-0.3, -0.25) is 4.79 Å². The van der Waals surface area contributed by atoms with Crippen LogP contribution in [0.2, 0.25) is 4.34 Å². The summed E-state index contributed by atoms with van der Waals surface area (Å²) in [6.07, 6.45) is 1.57. The predicted octanol–water partition coefficient (Wildman–Crippen LogP) is 4.74. The molecule has 0 unspecified atom stereocenters. The average molecular weight is 371 g/mol. The summed E-state index contributed by atoms with van der Waals surface area (Å²) >= 11 is 7.02. The van der Waals surface area contributed by atoms with Gasteiger partial charge in [0.15, 0.2) is 0 Å². The number of hydrazone groups is 1. The average Bonchev–Trinajstić information content (AvgIpc) is 3.08. The van der Waals surface area contributed by atoms with Crippen LogP contribution in [0.1, 0.15) is 20.8 Å². The van der Waals surface area contributed by atoms with Crippen LogP contribution in [0.15, 0.2) is 71.8 Å². The molecule has 1 amide bonds. The van der Waals surface area contributed by atoms with E-state index in [0.29, 0.717) is 15.8 Å². The molecular weight excluding hydrogens is 356 g/mol. The molecule has 0 radical (unpaired) electrons. The number of thiophene rings is 1. The third-order valence-electron chi connectivity index (χ3n) is 3.28. The lowest BCUT2D eigenvalue weighted by Crippen LogP contribution is -2.16. The minimum absolute atomic E-state index is 0.287. The highest BCUT2D eigenvalue weighted by atomic mass is 35.5. The monoisotopic (exact) mass is 370 g/mol. The van der Waals surface area contributed by atoms with Crippen molar-refractivity contribution in [2.24, 2.45) is 5.10 Å². The molecule has 6 heteroatoms. The van der Waals surface area contributed by atoms with E-state index < -0.39 is 0 Å². The topological polar surface area (TPSA) is 50.7 Å². The van der Waals surface area contributed by atoms with Gasteiger partial charge < -0.3 is 4.74 Å². The Balaban J connectivity index is 1.56. The van der Waals surface area contributed by atoms with Crippen molar-refractivity contribution in [1.29, 1.82) is 0 Å². The molecule has 0 aliphatic heterocycles. The highest BCUT2D eigenvalue weighted by molar-refractivity contribution is 7.17. The van der Waals surface area contributed by atoms with Gasteiger partial charge in [0.2, 0.25) is 0 Å². The highest BCUT2D eigenvalue weighted by Gasteiger charge is 2.06. The molecule has 4 nitrogen and oxygen atoms in total. The zero-order valence-corrected chi connectivity index (χ0v) is 14.8. The molecular formula is C19H15ClN2O2S. The lowest BCUT2D eigenvalue weighted by atomic mass is 10.2. The van der Waals surface area contributed by atoms with E-state index in [-0.39, 0.29) is 5.91 Å². The molecule has 0 bridgehead atoms. The molecule has 0 aliphatic carbocycles. The summed E-state index contributed by atoms with van der Waals surface area (Å²) in [4.78, 5) is 12.4. The van der Waals surface area contributed by atoms with E-state index in [1.165, 1.54) is 11.3 Å². The maximum Gasteiger partial charge on any atom is 0.281 e. The molecule has 25 heavy (non-hydrogen) atoms. The van der Waals surface area contributed by atoms with Crippen LogP contribution in [0.3, 0.4) is 0 Å². The molecule has 3 aromatic rings. The van der Waals surface area contributed by atoms with Gasteiger partial charge in [0.1, 0.15) is 12.4 Å². The second-order valence-electron chi connectivity index (χ2n) is 5.15. The molecule has 126 valence electrons. The molecule has 0 spiro atoms. The lowest BCUT2D eigenvalue weighted by Gasteiger charge is -2.06. The van der Waals surface area contributed by atoms with Crippen molar-refractivity contribution in [3.63, 3.8) is 0 Å². The number of carbonyl (C=O) groups is 1. The fourth-order valence-corrected chi connectivity index (χ4v) is 3.02. The number of benzene rings is 2. The predicted molar refractivity (Wildman–Crippen MR) is 102 cm³/mol. The summed E-state index contributed by atoms with van der Waals surface area (Å²) in [5.41, 5.74) is 4.41. The molecule has 3 rings (SSSR count). The van der Waals surface area contributed by atoms with Gasteiger partial charge in [-0.25, -0.2) is 5.43 Å². The second kappa shape index (κ2) is 8.46. The Labute approximate surface area is 154 Å². The largest absolute Gasteiger partial charge is 0.489 e. The van der Waals surface area contributed by atoms with Crippen LogP contribution in [0.25, 0.3) is 0 Å². The third kappa shape index (κ3) is 5.17. The van der Waals surface area contributed by atoms with E-state index in [9.17, 15) is 4.79 Å². The van der Waals surface area contributed by atoms with E-state index in [2.05, 4.69) is 10.5 Å². The van der Waals surface area contributed by atoms with Crippen molar-refractivity contribution < 1.29 is 9.53 Å². The Morgan fingerprint density at radius 1 is 1.12 bits per heavy atom. The van der Waals surface area contributed by atoms with Gasteiger partial charge >= 0.3 is 0 Å². The summed E-state index contributed by atoms with van der Waals surface area (Å²) in [6, 6.07) is 20.8. The van der Waals surface area contributed by atoms with Crippen LogP contribution in [0.4, 0.5) is 0 Å². The molecule has 1 aromatic heterocycles. The van der Waals surface area contributed by atoms with Gasteiger partial charge in [-0.1, -0.05) is 54.1 Å². The van der Waals surface area contributed by atoms with Gasteiger partial charge in [0.05, 0.1) is 15.4 Å². The number of carbonyl (C=O) groups excluding carboxylic acids is 1. The minimum atomic E-state index is -0.287. The number of rotatable bonds is 6. The Morgan fingerprint density at radius 3 is 2.72 bits per heavy atom. The zero-order chi connectivity index (χ0) is 17.5. The van der Waals surface area contributed by atoms with Crippen molar-refractivity contribution in [3.8, 4) is 5.75 Å². The van der Waals surface area contributed by atoms with Crippen LogP contribution in [0, 0.1) is 0 Å². The molecule has 0 fully saturated rings. The summed E-state index contributed by atoms with van der Waals surface area (Å²) in [7, 11) is 0. The van der Waals surface area contributed by atoms with Crippen LogP contribution < -0.4 is 10.2 Å². The molecule has 0 saturated carbocycles. The van der Waals surface area contributed by atoms with Gasteiger partial charge in [-0.2, -0.15) is 5.10 Å². The van der Waals surface area contributed by atoms with Crippen LogP contribution >= 0.6 is 22.9 Å². The first-order valence-corrected chi connectivity index (χ1v) is 8.76. The number of nitrogens with one attached hydrogen (secondary N) is 1. The summed E-state index contributed by atoms with van der Waals surface area (Å²) in [6.45, 7) is 0.497. The Bertz CT molecular complexity index is 878. The standard InChI is InChI=1S/C19H15ClN2O2S/c20-18-10-9-17(25-18)19(23)22-21-12-15-7-4-8-16(11-15)24-13-14-5-2-1-3-6-14/h1-12H,13H2,(H,22,23)/b21-12-. The maximum atomic E-state index is 11.9. The molecule has 1 heterocycles. The van der Waals surface area contributed by atoms with E-state index in [1.54, 1.807) is 18.3 Å². The molecule has 2 aromatic carbocycles. The van der Waals surface area contributed by atoms with Crippen molar-refractivity contribution in [2.45, 2.75) is 6.61 Å². The summed E-state index contributed by atoms with van der Waals surface area (Å²) in [5.74, 6) is 0.453. The smallest absolute Gasteiger partial charge is 0.281 e. The summed E-state index contributed by atoms with van der Waals surface area (Å²) < 4.78 is 6.34. The third-order valence-corrected chi connectivity index (χ3v) is 4.51. The first-order valence-electron chi connectivity index (χ1n) is 7.56. The van der Waals surface area contributed by atoms with E-state index in [0.717, 1.165) is 16.9 Å². The summed E-state index contributed by atoms with van der Waals surface area (Å²) in [5, 5.41) is 3.97. The van der Waals surface area contributed by atoms with Crippen molar-refractivity contribution >= 4 is 35.1 Å². The molecule has 1 N–H and O–H groups in total. The van der Waals surface area contributed by atoms with E-state index in [4.69, 9.17) is 16.3 Å². The number of ether oxygens (including phenoxy) is 1. The zero-order valence-electron chi connectivity index (χ0n) is 13.2. The Morgan fingerprint density at radius 2 is 1.96 bits per heavy atom. The fourth-order valence-electron chi connectivity index (χ4n) is 2.08. The Hall–Kier alpha value is -2.63. The Kier molecular flexibility index (Phi) is 5.82. The van der Waals surface area contributed by atoms with Crippen molar-refractivity contribution in [2.75, 3.05) is 0 Å². The quantitative estimate of drug-likeness (QED) is 0.503. The van der Waals surface area contributed by atoms with Gasteiger partial charge in [-0.05, 0) is 35.4 Å². The highest BCUT2D eigenvalue weighted by Crippen LogP contribution is 2.21. The first kappa shape index (κ1) is 17.2. The van der Waals surface area contributed by atoms with E-state index in [1.807, 2.05) is 54.6 Å². The number of hydrogen-bond acceptors (Lipinski definition) is 4.